The molecule has 1 aliphatic carbocycles. The van der Waals surface area contributed by atoms with Gasteiger partial charge in [-0.25, -0.2) is 4.79 Å². The minimum Gasteiger partial charge on any atom is -0.465 e. The van der Waals surface area contributed by atoms with Gasteiger partial charge in [-0.2, -0.15) is 0 Å². The maximum absolute atomic E-state index is 11.6. The Morgan fingerprint density at radius 2 is 2.05 bits per heavy atom. The third kappa shape index (κ3) is 3.24. The average Bonchev–Trinajstić information content (AvgIpc) is 2.44. The molecule has 0 saturated heterocycles. The third-order valence-electron chi connectivity index (χ3n) is 4.43. The summed E-state index contributed by atoms with van der Waals surface area (Å²) in [6.45, 7) is 4.61. The summed E-state index contributed by atoms with van der Waals surface area (Å²) in [4.78, 5) is 11.6. The number of nitrogen functional groups attached to an aromatic ring is 1. The molecule has 110 valence electrons. The van der Waals surface area contributed by atoms with Gasteiger partial charge in [0.05, 0.1) is 24.0 Å². The molecule has 3 N–H and O–H groups in total. The first-order chi connectivity index (χ1) is 9.51. The molecule has 4 nitrogen and oxygen atoms in total. The predicted molar refractivity (Wildman–Crippen MR) is 81.8 cm³/mol. The number of carbonyl (C=O) groups is 1. The maximum Gasteiger partial charge on any atom is 0.337 e. The molecular weight excluding hydrogens is 252 g/mol. The zero-order valence-corrected chi connectivity index (χ0v) is 12.5. The van der Waals surface area contributed by atoms with Crippen molar-refractivity contribution >= 4 is 17.3 Å². The van der Waals surface area contributed by atoms with E-state index in [4.69, 9.17) is 10.5 Å². The van der Waals surface area contributed by atoms with Gasteiger partial charge in [-0.3, -0.25) is 0 Å². The van der Waals surface area contributed by atoms with Crippen molar-refractivity contribution < 1.29 is 9.53 Å². The number of hydrogen-bond donors (Lipinski definition) is 2. The Balaban J connectivity index is 2.10. The molecule has 0 aliphatic heterocycles. The molecular formula is C16H24N2O2. The number of methoxy groups -OCH3 is 1. The lowest BCUT2D eigenvalue weighted by Crippen LogP contribution is -2.30. The molecule has 0 amide bonds. The van der Waals surface area contributed by atoms with E-state index in [0.29, 0.717) is 23.2 Å². The Bertz CT molecular complexity index is 487. The van der Waals surface area contributed by atoms with Crippen molar-refractivity contribution in [1.29, 1.82) is 0 Å². The number of carbonyl (C=O) groups excluding carboxylic acids is 1. The zero-order valence-electron chi connectivity index (χ0n) is 12.5. The highest BCUT2D eigenvalue weighted by Crippen LogP contribution is 2.32. The fourth-order valence-electron chi connectivity index (χ4n) is 2.82. The second kappa shape index (κ2) is 6.16. The van der Waals surface area contributed by atoms with Gasteiger partial charge in [-0.05, 0) is 49.3 Å². The summed E-state index contributed by atoms with van der Waals surface area (Å²) < 4.78 is 4.74. The SMILES string of the molecule is COC(=O)c1ccc(N)c(NC2CCC(C)C(C)C2)c1. The number of benzene rings is 1. The van der Waals surface area contributed by atoms with Crippen molar-refractivity contribution in [3.8, 4) is 0 Å². The molecule has 20 heavy (non-hydrogen) atoms. The van der Waals surface area contributed by atoms with E-state index >= 15 is 0 Å². The van der Waals surface area contributed by atoms with Crippen molar-refractivity contribution in [1.82, 2.24) is 0 Å². The summed E-state index contributed by atoms with van der Waals surface area (Å²) in [5.41, 5.74) is 8.03. The van der Waals surface area contributed by atoms with Gasteiger partial charge in [0, 0.05) is 6.04 Å². The van der Waals surface area contributed by atoms with Crippen LogP contribution in [0.1, 0.15) is 43.5 Å². The molecule has 2 rings (SSSR count). The second-order valence-corrected chi connectivity index (χ2v) is 5.90. The molecule has 3 unspecified atom stereocenters. The van der Waals surface area contributed by atoms with Gasteiger partial charge < -0.3 is 15.8 Å². The first kappa shape index (κ1) is 14.7. The fourth-order valence-corrected chi connectivity index (χ4v) is 2.82. The molecule has 1 aromatic carbocycles. The summed E-state index contributed by atoms with van der Waals surface area (Å²) >= 11 is 0. The Hall–Kier alpha value is -1.71. The molecule has 0 bridgehead atoms. The van der Waals surface area contributed by atoms with E-state index in [1.54, 1.807) is 18.2 Å². The molecule has 0 radical (unpaired) electrons. The predicted octanol–water partition coefficient (Wildman–Crippen LogP) is 3.29. The Kier molecular flexibility index (Phi) is 4.53. The number of hydrogen-bond acceptors (Lipinski definition) is 4. The highest BCUT2D eigenvalue weighted by Gasteiger charge is 2.24. The molecule has 1 fully saturated rings. The third-order valence-corrected chi connectivity index (χ3v) is 4.43. The van der Waals surface area contributed by atoms with Crippen LogP contribution in [-0.2, 0) is 4.74 Å². The van der Waals surface area contributed by atoms with Crippen molar-refractivity contribution in [2.45, 2.75) is 39.2 Å². The number of nitrogens with one attached hydrogen (secondary N) is 1. The number of nitrogens with two attached hydrogens (primary N) is 1. The lowest BCUT2D eigenvalue weighted by atomic mass is 9.79. The minimum atomic E-state index is -0.335. The van der Waals surface area contributed by atoms with Crippen LogP contribution in [0.4, 0.5) is 11.4 Å². The smallest absolute Gasteiger partial charge is 0.337 e. The first-order valence-electron chi connectivity index (χ1n) is 7.25. The van der Waals surface area contributed by atoms with Gasteiger partial charge in [0.1, 0.15) is 0 Å². The number of anilines is 2. The summed E-state index contributed by atoms with van der Waals surface area (Å²) in [6, 6.07) is 5.65. The Morgan fingerprint density at radius 1 is 1.30 bits per heavy atom. The van der Waals surface area contributed by atoms with E-state index < -0.39 is 0 Å². The van der Waals surface area contributed by atoms with Gasteiger partial charge in [0.2, 0.25) is 0 Å². The van der Waals surface area contributed by atoms with Gasteiger partial charge in [0.15, 0.2) is 0 Å². The van der Waals surface area contributed by atoms with Gasteiger partial charge in [-0.1, -0.05) is 13.8 Å². The van der Waals surface area contributed by atoms with E-state index in [2.05, 4.69) is 19.2 Å². The van der Waals surface area contributed by atoms with Crippen LogP contribution < -0.4 is 11.1 Å². The average molecular weight is 276 g/mol. The molecule has 0 aromatic heterocycles. The highest BCUT2D eigenvalue weighted by atomic mass is 16.5. The molecule has 1 aliphatic rings. The van der Waals surface area contributed by atoms with Crippen LogP contribution in [-0.4, -0.2) is 19.1 Å². The standard InChI is InChI=1S/C16H24N2O2/c1-10-4-6-13(8-11(10)2)18-15-9-12(16(19)20-3)5-7-14(15)17/h5,7,9-11,13,18H,4,6,8,17H2,1-3H3. The summed E-state index contributed by atoms with van der Waals surface area (Å²) in [6.07, 6.45) is 3.52. The van der Waals surface area contributed by atoms with Crippen LogP contribution in [0.15, 0.2) is 18.2 Å². The van der Waals surface area contributed by atoms with Crippen LogP contribution in [0.5, 0.6) is 0 Å². The van der Waals surface area contributed by atoms with Gasteiger partial charge >= 0.3 is 5.97 Å². The van der Waals surface area contributed by atoms with E-state index in [0.717, 1.165) is 24.4 Å². The van der Waals surface area contributed by atoms with E-state index in [1.807, 2.05) is 0 Å². The minimum absolute atomic E-state index is 0.335. The largest absolute Gasteiger partial charge is 0.465 e. The fraction of sp³-hybridized carbons (Fsp3) is 0.562. The Labute approximate surface area is 120 Å². The summed E-state index contributed by atoms with van der Waals surface area (Å²) in [7, 11) is 1.38. The summed E-state index contributed by atoms with van der Waals surface area (Å²) in [5, 5.41) is 3.49. The lowest BCUT2D eigenvalue weighted by molar-refractivity contribution is 0.0601. The van der Waals surface area contributed by atoms with Crippen molar-refractivity contribution in [2.75, 3.05) is 18.2 Å². The molecule has 3 atom stereocenters. The van der Waals surface area contributed by atoms with Crippen molar-refractivity contribution in [3.63, 3.8) is 0 Å². The van der Waals surface area contributed by atoms with Gasteiger partial charge in [0.25, 0.3) is 0 Å². The summed E-state index contributed by atoms with van der Waals surface area (Å²) in [5.74, 6) is 1.16. The highest BCUT2D eigenvalue weighted by molar-refractivity contribution is 5.92. The van der Waals surface area contributed by atoms with E-state index in [1.165, 1.54) is 13.5 Å². The van der Waals surface area contributed by atoms with Crippen molar-refractivity contribution in [2.24, 2.45) is 11.8 Å². The molecule has 0 heterocycles. The van der Waals surface area contributed by atoms with Crippen LogP contribution in [0, 0.1) is 11.8 Å². The molecule has 1 saturated carbocycles. The number of esters is 1. The number of ether oxygens (including phenoxy) is 1. The topological polar surface area (TPSA) is 64.3 Å². The van der Waals surface area contributed by atoms with Crippen LogP contribution in [0.2, 0.25) is 0 Å². The van der Waals surface area contributed by atoms with Crippen LogP contribution in [0.3, 0.4) is 0 Å². The number of rotatable bonds is 3. The van der Waals surface area contributed by atoms with Crippen molar-refractivity contribution in [3.05, 3.63) is 23.8 Å². The normalized spacial score (nSPS) is 26.1. The Morgan fingerprint density at radius 3 is 2.70 bits per heavy atom. The van der Waals surface area contributed by atoms with Crippen LogP contribution in [0.25, 0.3) is 0 Å². The molecule has 1 aromatic rings. The molecule has 4 heteroatoms. The molecule has 0 spiro atoms. The first-order valence-corrected chi connectivity index (χ1v) is 7.25. The van der Waals surface area contributed by atoms with Gasteiger partial charge in [-0.15, -0.1) is 0 Å². The second-order valence-electron chi connectivity index (χ2n) is 5.90. The maximum atomic E-state index is 11.6. The monoisotopic (exact) mass is 276 g/mol. The van der Waals surface area contributed by atoms with E-state index in [-0.39, 0.29) is 5.97 Å². The quantitative estimate of drug-likeness (QED) is 0.657. The van der Waals surface area contributed by atoms with E-state index in [9.17, 15) is 4.79 Å². The van der Waals surface area contributed by atoms with Crippen LogP contribution >= 0.6 is 0 Å². The lowest BCUT2D eigenvalue weighted by Gasteiger charge is -2.33. The zero-order chi connectivity index (χ0) is 14.7.